The molecule has 10 heteroatoms. The molecule has 0 radical (unpaired) electrons. The van der Waals surface area contributed by atoms with Crippen molar-refractivity contribution < 1.29 is 27.6 Å². The van der Waals surface area contributed by atoms with Crippen LogP contribution >= 0.6 is 0 Å². The second-order valence-electron chi connectivity index (χ2n) is 8.72. The number of amides is 3. The fraction of sp³-hybridized carbons (Fsp3) is 0.850. The van der Waals surface area contributed by atoms with Crippen LogP contribution in [0, 0.1) is 11.8 Å². The summed E-state index contributed by atoms with van der Waals surface area (Å²) < 4.78 is 37.7. The van der Waals surface area contributed by atoms with Gasteiger partial charge >= 0.3 is 12.2 Å². The van der Waals surface area contributed by atoms with Crippen molar-refractivity contribution in [1.29, 1.82) is 0 Å². The molecule has 0 spiro atoms. The van der Waals surface area contributed by atoms with Crippen LogP contribution in [0.4, 0.5) is 18.0 Å². The zero-order chi connectivity index (χ0) is 22.5. The lowest BCUT2D eigenvalue weighted by Crippen LogP contribution is -2.55. The minimum atomic E-state index is -4.34. The molecule has 7 nitrogen and oxygen atoms in total. The van der Waals surface area contributed by atoms with Crippen LogP contribution in [0.25, 0.3) is 0 Å². The first-order valence-electron chi connectivity index (χ1n) is 10.5. The first-order valence-corrected chi connectivity index (χ1v) is 10.5. The number of alkyl halides is 3. The van der Waals surface area contributed by atoms with E-state index in [1.54, 1.807) is 0 Å². The van der Waals surface area contributed by atoms with Crippen molar-refractivity contribution in [2.75, 3.05) is 47.3 Å². The standard InChI is InChI=1S/C20H33F3N4O3/c1-25(2)10-8-24-19(30)27(9-4-7-20(21,22)23)18(29)15-11-14-12-16(28)5-6-17(14)26(3)13-15/h14-15,17H,4-13H2,1-3H3,(H,24,30)/t14-,15-,17-/m1/s1. The number of carbonyl (C=O) groups is 3. The number of piperidine rings is 1. The third kappa shape index (κ3) is 7.23. The number of Topliss-reactive ketones (excluding diaryl/α,β-unsaturated/α-hetero) is 1. The minimum absolute atomic E-state index is 0.0489. The van der Waals surface area contributed by atoms with Crippen molar-refractivity contribution in [3.05, 3.63) is 0 Å². The predicted molar refractivity (Wildman–Crippen MR) is 106 cm³/mol. The Morgan fingerprint density at radius 1 is 1.23 bits per heavy atom. The molecule has 3 atom stereocenters. The van der Waals surface area contributed by atoms with Gasteiger partial charge in [-0.15, -0.1) is 0 Å². The van der Waals surface area contributed by atoms with E-state index in [4.69, 9.17) is 0 Å². The zero-order valence-electron chi connectivity index (χ0n) is 18.0. The second-order valence-corrected chi connectivity index (χ2v) is 8.72. The maximum atomic E-state index is 13.2. The zero-order valence-corrected chi connectivity index (χ0v) is 18.0. The van der Waals surface area contributed by atoms with Gasteiger partial charge in [0.2, 0.25) is 5.91 Å². The summed E-state index contributed by atoms with van der Waals surface area (Å²) in [5.74, 6) is -0.732. The third-order valence-electron chi connectivity index (χ3n) is 5.95. The number of hydrogen-bond donors (Lipinski definition) is 1. The highest BCUT2D eigenvalue weighted by Crippen LogP contribution is 2.36. The van der Waals surface area contributed by atoms with Gasteiger partial charge < -0.3 is 15.1 Å². The summed E-state index contributed by atoms with van der Waals surface area (Å²) in [7, 11) is 5.56. The van der Waals surface area contributed by atoms with E-state index in [2.05, 4.69) is 10.2 Å². The number of carbonyl (C=O) groups excluding carboxylic acids is 3. The van der Waals surface area contributed by atoms with Crippen LogP contribution in [0.3, 0.4) is 0 Å². The Morgan fingerprint density at radius 3 is 2.57 bits per heavy atom. The number of nitrogens with zero attached hydrogens (tertiary/aromatic N) is 3. The SMILES string of the molecule is CN(C)CCNC(=O)N(CCCC(F)(F)F)C(=O)[C@@H]1C[C@@H]2CC(=O)CC[C@H]2N(C)C1. The number of urea groups is 1. The van der Waals surface area contributed by atoms with Crippen molar-refractivity contribution in [2.45, 2.75) is 50.7 Å². The molecule has 1 aliphatic heterocycles. The average molecular weight is 435 g/mol. The van der Waals surface area contributed by atoms with Crippen LogP contribution in [0.5, 0.6) is 0 Å². The van der Waals surface area contributed by atoms with Gasteiger partial charge in [-0.05, 0) is 46.3 Å². The number of imide groups is 1. The number of rotatable bonds is 7. The Balaban J connectivity index is 2.06. The summed E-state index contributed by atoms with van der Waals surface area (Å²) in [4.78, 5) is 42.5. The van der Waals surface area contributed by atoms with Gasteiger partial charge in [-0.25, -0.2) is 4.79 Å². The van der Waals surface area contributed by atoms with Crippen molar-refractivity contribution in [2.24, 2.45) is 11.8 Å². The van der Waals surface area contributed by atoms with Crippen LogP contribution in [0.15, 0.2) is 0 Å². The molecular formula is C20H33F3N4O3. The molecule has 30 heavy (non-hydrogen) atoms. The molecule has 0 aromatic carbocycles. The molecule has 0 aromatic rings. The first kappa shape index (κ1) is 24.6. The third-order valence-corrected chi connectivity index (χ3v) is 5.95. The number of likely N-dealkylation sites (tertiary alicyclic amines) is 1. The molecule has 1 aliphatic carbocycles. The molecule has 3 amide bonds. The highest BCUT2D eigenvalue weighted by molar-refractivity contribution is 5.95. The summed E-state index contributed by atoms with van der Waals surface area (Å²) >= 11 is 0. The van der Waals surface area contributed by atoms with Gasteiger partial charge in [0, 0.05) is 51.5 Å². The van der Waals surface area contributed by atoms with Gasteiger partial charge in [-0.3, -0.25) is 14.5 Å². The number of fused-ring (bicyclic) bond motifs is 1. The van der Waals surface area contributed by atoms with Crippen LogP contribution in [0.2, 0.25) is 0 Å². The van der Waals surface area contributed by atoms with E-state index in [1.807, 2.05) is 26.0 Å². The maximum Gasteiger partial charge on any atom is 0.389 e. The summed E-state index contributed by atoms with van der Waals surface area (Å²) in [6, 6.07) is -0.423. The molecule has 1 saturated heterocycles. The van der Waals surface area contributed by atoms with Gasteiger partial charge in [0.1, 0.15) is 5.78 Å². The van der Waals surface area contributed by atoms with Gasteiger partial charge in [0.05, 0.1) is 5.92 Å². The molecule has 172 valence electrons. The maximum absolute atomic E-state index is 13.2. The highest BCUT2D eigenvalue weighted by Gasteiger charge is 2.42. The van der Waals surface area contributed by atoms with Gasteiger partial charge in [0.25, 0.3) is 0 Å². The predicted octanol–water partition coefficient (Wildman–Crippen LogP) is 2.12. The number of hydrogen-bond acceptors (Lipinski definition) is 5. The minimum Gasteiger partial charge on any atom is -0.336 e. The van der Waals surface area contributed by atoms with E-state index in [-0.39, 0.29) is 30.7 Å². The van der Waals surface area contributed by atoms with E-state index < -0.39 is 30.5 Å². The molecule has 0 unspecified atom stereocenters. The number of nitrogens with one attached hydrogen (secondary N) is 1. The Hall–Kier alpha value is -1.68. The second kappa shape index (κ2) is 10.6. The lowest BCUT2D eigenvalue weighted by atomic mass is 9.74. The molecule has 1 N–H and O–H groups in total. The lowest BCUT2D eigenvalue weighted by molar-refractivity contribution is -0.142. The molecule has 1 saturated carbocycles. The molecule has 2 rings (SSSR count). The lowest BCUT2D eigenvalue weighted by Gasteiger charge is -2.45. The van der Waals surface area contributed by atoms with Crippen molar-refractivity contribution in [1.82, 2.24) is 20.0 Å². The van der Waals surface area contributed by atoms with Gasteiger partial charge in [-0.2, -0.15) is 13.2 Å². The van der Waals surface area contributed by atoms with Crippen LogP contribution in [-0.4, -0.2) is 92.0 Å². The normalized spacial score (nSPS) is 25.2. The molecule has 1 heterocycles. The topological polar surface area (TPSA) is 73.0 Å². The van der Waals surface area contributed by atoms with Crippen molar-refractivity contribution in [3.8, 4) is 0 Å². The molecule has 0 aromatic heterocycles. The number of likely N-dealkylation sites (N-methyl/N-ethyl adjacent to an activating group) is 1. The van der Waals surface area contributed by atoms with E-state index in [9.17, 15) is 27.6 Å². The summed E-state index contributed by atoms with van der Waals surface area (Å²) in [6.07, 6.45) is -3.50. The Labute approximate surface area is 175 Å². The van der Waals surface area contributed by atoms with E-state index in [1.165, 1.54) is 0 Å². The largest absolute Gasteiger partial charge is 0.389 e. The van der Waals surface area contributed by atoms with E-state index >= 15 is 0 Å². The number of halogens is 3. The van der Waals surface area contributed by atoms with Crippen molar-refractivity contribution >= 4 is 17.7 Å². The molecule has 2 fully saturated rings. The first-order chi connectivity index (χ1) is 14.0. The molecule has 2 aliphatic rings. The molecular weight excluding hydrogens is 401 g/mol. The van der Waals surface area contributed by atoms with Gasteiger partial charge in [-0.1, -0.05) is 0 Å². The smallest absolute Gasteiger partial charge is 0.336 e. The summed E-state index contributed by atoms with van der Waals surface area (Å²) in [5, 5.41) is 2.63. The molecule has 0 bridgehead atoms. The fourth-order valence-corrected chi connectivity index (χ4v) is 4.45. The monoisotopic (exact) mass is 434 g/mol. The van der Waals surface area contributed by atoms with Crippen molar-refractivity contribution in [3.63, 3.8) is 0 Å². The van der Waals surface area contributed by atoms with E-state index in [0.717, 1.165) is 11.3 Å². The highest BCUT2D eigenvalue weighted by atomic mass is 19.4. The Kier molecular flexibility index (Phi) is 8.66. The average Bonchev–Trinajstić information content (AvgIpc) is 2.63. The van der Waals surface area contributed by atoms with E-state index in [0.29, 0.717) is 38.9 Å². The quantitative estimate of drug-likeness (QED) is 0.665. The van der Waals surface area contributed by atoms with Crippen LogP contribution in [0.1, 0.15) is 38.5 Å². The number of ketones is 1. The Morgan fingerprint density at radius 2 is 1.93 bits per heavy atom. The van der Waals surface area contributed by atoms with Gasteiger partial charge in [0.15, 0.2) is 0 Å². The van der Waals surface area contributed by atoms with Crippen LogP contribution < -0.4 is 5.32 Å². The summed E-state index contributed by atoms with van der Waals surface area (Å²) in [5.41, 5.74) is 0. The Bertz CT molecular complexity index is 627. The fourth-order valence-electron chi connectivity index (χ4n) is 4.45. The van der Waals surface area contributed by atoms with Crippen LogP contribution in [-0.2, 0) is 9.59 Å². The summed E-state index contributed by atoms with van der Waals surface area (Å²) in [6.45, 7) is 1.00.